The van der Waals surface area contributed by atoms with Crippen molar-refractivity contribution in [2.24, 2.45) is 5.92 Å². The number of alkyl carbamates (subject to hydrolysis) is 1. The average molecular weight is 731 g/mol. The van der Waals surface area contributed by atoms with Gasteiger partial charge in [-0.3, -0.25) is 9.69 Å². The van der Waals surface area contributed by atoms with E-state index in [4.69, 9.17) is 21.1 Å². The lowest BCUT2D eigenvalue weighted by Gasteiger charge is -2.43. The summed E-state index contributed by atoms with van der Waals surface area (Å²) in [7, 11) is 0. The van der Waals surface area contributed by atoms with Crippen LogP contribution in [0.1, 0.15) is 86.6 Å². The number of pyridine rings is 1. The number of hydrogen-bond donors (Lipinski definition) is 5. The minimum absolute atomic E-state index is 0.0141. The van der Waals surface area contributed by atoms with Crippen molar-refractivity contribution in [2.75, 3.05) is 39.3 Å². The largest absolute Gasteiger partial charge is 0.506 e. The van der Waals surface area contributed by atoms with Gasteiger partial charge in [-0.15, -0.1) is 0 Å². The molecule has 10 nitrogen and oxygen atoms in total. The molecule has 4 heterocycles. The lowest BCUT2D eigenvalue weighted by atomic mass is 9.86. The normalized spacial score (nSPS) is 19.3. The lowest BCUT2D eigenvalue weighted by molar-refractivity contribution is -0.0336. The number of aliphatic hydroxyl groups excluding tert-OH is 1. The number of aromatic amines is 1. The van der Waals surface area contributed by atoms with Crippen LogP contribution in [0.25, 0.3) is 10.9 Å². The van der Waals surface area contributed by atoms with E-state index in [1.807, 2.05) is 48.5 Å². The van der Waals surface area contributed by atoms with Gasteiger partial charge in [0.15, 0.2) is 0 Å². The Balaban J connectivity index is 0.881. The van der Waals surface area contributed by atoms with Gasteiger partial charge in [-0.1, -0.05) is 92.2 Å². The van der Waals surface area contributed by atoms with Gasteiger partial charge < -0.3 is 35.3 Å². The Hall–Kier alpha value is -4.09. The molecule has 2 bridgehead atoms. The zero-order valence-electron chi connectivity index (χ0n) is 29.7. The summed E-state index contributed by atoms with van der Waals surface area (Å²) in [5, 5.41) is 28.4. The zero-order valence-corrected chi connectivity index (χ0v) is 30.5. The van der Waals surface area contributed by atoms with Gasteiger partial charge in [0.25, 0.3) is 0 Å². The van der Waals surface area contributed by atoms with Crippen LogP contribution in [0, 0.1) is 5.92 Å². The number of fused-ring (bicyclic) bond motifs is 4. The number of amides is 1. The second-order valence-electron chi connectivity index (χ2n) is 14.1. The molecular formula is C41H51ClN4O6. The molecule has 278 valence electrons. The Morgan fingerprint density at radius 2 is 1.65 bits per heavy atom. The Bertz CT molecular complexity index is 1810. The molecule has 0 saturated carbocycles. The predicted octanol–water partition coefficient (Wildman–Crippen LogP) is 7.23. The Morgan fingerprint density at radius 3 is 2.40 bits per heavy atom. The highest BCUT2D eigenvalue weighted by atomic mass is 35.5. The molecule has 0 aliphatic carbocycles. The SMILES string of the molecule is O=C(NC(c1ccccc1)c1cccc(OCCCCCCCCCNC[C@H](O)c2ccc(O)c3[nH]c(=O)ccc23)c1Cl)O[C@H]1CN2CCC1CC2. The smallest absolute Gasteiger partial charge is 0.408 e. The van der Waals surface area contributed by atoms with Gasteiger partial charge in [-0.25, -0.2) is 4.79 Å². The van der Waals surface area contributed by atoms with Gasteiger partial charge in [-0.05, 0) is 80.6 Å². The van der Waals surface area contributed by atoms with Crippen molar-refractivity contribution < 1.29 is 24.5 Å². The number of aromatic nitrogens is 1. The number of aromatic hydroxyl groups is 1. The Labute approximate surface area is 310 Å². The molecule has 52 heavy (non-hydrogen) atoms. The van der Waals surface area contributed by atoms with Gasteiger partial charge in [-0.2, -0.15) is 0 Å². The summed E-state index contributed by atoms with van der Waals surface area (Å²) in [6, 6.07) is 21.3. The maximum atomic E-state index is 13.2. The predicted molar refractivity (Wildman–Crippen MR) is 204 cm³/mol. The number of piperidine rings is 3. The number of aliphatic hydroxyl groups is 1. The molecule has 3 aliphatic heterocycles. The molecule has 1 aromatic heterocycles. The number of nitrogens with zero attached hydrogens (tertiary/aromatic N) is 1. The molecule has 7 rings (SSSR count). The number of carbonyl (C=O) groups is 1. The first-order chi connectivity index (χ1) is 25.4. The van der Waals surface area contributed by atoms with Crippen LogP contribution in [-0.2, 0) is 4.74 Å². The summed E-state index contributed by atoms with van der Waals surface area (Å²) < 4.78 is 12.1. The molecule has 4 aromatic rings. The van der Waals surface area contributed by atoms with Crippen LogP contribution in [0.5, 0.6) is 11.5 Å². The van der Waals surface area contributed by atoms with Gasteiger partial charge in [0.1, 0.15) is 17.6 Å². The standard InChI is InChI=1S/C41H51ClN4O6/c42-38-32(39(29-12-7-6-8-13-29)45-41(50)52-36-27-46-23-20-28(36)21-24-46)14-11-15-35(38)51-25-10-5-3-1-2-4-9-22-43-26-34(48)30-16-18-33(47)40-31(30)17-19-37(49)44-40/h6-8,11-19,28,34,36,39,43,47-48H,1-5,9-10,20-27H2,(H,44,49)(H,45,50)/t34-,36-,39?/m0/s1. The highest BCUT2D eigenvalue weighted by molar-refractivity contribution is 6.33. The molecule has 3 atom stereocenters. The van der Waals surface area contributed by atoms with E-state index in [1.165, 1.54) is 12.1 Å². The van der Waals surface area contributed by atoms with Gasteiger partial charge in [0.2, 0.25) is 5.56 Å². The summed E-state index contributed by atoms with van der Waals surface area (Å²) >= 11 is 6.93. The fourth-order valence-electron chi connectivity index (χ4n) is 7.50. The first-order valence-corrected chi connectivity index (χ1v) is 19.1. The molecule has 0 radical (unpaired) electrons. The van der Waals surface area contributed by atoms with E-state index in [1.54, 1.807) is 12.1 Å². The number of carbonyl (C=O) groups excluding carboxylic acids is 1. The number of benzene rings is 3. The van der Waals surface area contributed by atoms with Crippen molar-refractivity contribution in [1.29, 1.82) is 0 Å². The number of phenolic OH excluding ortho intramolecular Hbond substituents is 1. The number of halogens is 1. The summed E-state index contributed by atoms with van der Waals surface area (Å²) in [6.45, 7) is 4.73. The third kappa shape index (κ3) is 9.86. The molecular weight excluding hydrogens is 680 g/mol. The zero-order chi connectivity index (χ0) is 36.3. The molecule has 1 unspecified atom stereocenters. The van der Waals surface area contributed by atoms with Crippen LogP contribution in [0.15, 0.2) is 77.6 Å². The van der Waals surface area contributed by atoms with Crippen molar-refractivity contribution in [1.82, 2.24) is 20.5 Å². The maximum absolute atomic E-state index is 13.2. The van der Waals surface area contributed by atoms with Crippen molar-refractivity contribution in [3.05, 3.63) is 105 Å². The average Bonchev–Trinajstić information content (AvgIpc) is 3.16. The van der Waals surface area contributed by atoms with Crippen LogP contribution in [0.2, 0.25) is 5.02 Å². The quantitative estimate of drug-likeness (QED) is 0.0677. The molecule has 1 amide bonds. The number of unbranched alkanes of at least 4 members (excludes halogenated alkanes) is 6. The second kappa shape index (κ2) is 18.6. The summed E-state index contributed by atoms with van der Waals surface area (Å²) in [5.41, 5.74) is 2.40. The van der Waals surface area contributed by atoms with Crippen LogP contribution < -0.4 is 20.9 Å². The minimum Gasteiger partial charge on any atom is -0.506 e. The van der Waals surface area contributed by atoms with Crippen LogP contribution in [-0.4, -0.2) is 71.6 Å². The number of rotatable bonds is 18. The molecule has 5 N–H and O–H groups in total. The van der Waals surface area contributed by atoms with E-state index >= 15 is 0 Å². The van der Waals surface area contributed by atoms with E-state index in [0.717, 1.165) is 95.1 Å². The third-order valence-corrected chi connectivity index (χ3v) is 10.8. The number of phenols is 1. The summed E-state index contributed by atoms with van der Waals surface area (Å²) in [4.78, 5) is 29.9. The van der Waals surface area contributed by atoms with Crippen molar-refractivity contribution in [2.45, 2.75) is 76.0 Å². The van der Waals surface area contributed by atoms with Gasteiger partial charge in [0.05, 0.1) is 29.3 Å². The van der Waals surface area contributed by atoms with Gasteiger partial charge in [0, 0.05) is 30.1 Å². The maximum Gasteiger partial charge on any atom is 0.408 e. The van der Waals surface area contributed by atoms with E-state index in [-0.39, 0.29) is 17.4 Å². The first-order valence-electron chi connectivity index (χ1n) is 18.8. The lowest BCUT2D eigenvalue weighted by Crippen LogP contribution is -2.52. The monoisotopic (exact) mass is 730 g/mol. The topological polar surface area (TPSA) is 136 Å². The van der Waals surface area contributed by atoms with Crippen molar-refractivity contribution >= 4 is 28.6 Å². The molecule has 0 spiro atoms. The Kier molecular flexibility index (Phi) is 13.5. The van der Waals surface area contributed by atoms with E-state index in [0.29, 0.717) is 46.3 Å². The highest BCUT2D eigenvalue weighted by Gasteiger charge is 2.37. The summed E-state index contributed by atoms with van der Waals surface area (Å²) in [5.74, 6) is 1.02. The fourth-order valence-corrected chi connectivity index (χ4v) is 7.79. The van der Waals surface area contributed by atoms with Crippen LogP contribution in [0.4, 0.5) is 4.79 Å². The Morgan fingerprint density at radius 1 is 0.904 bits per heavy atom. The fraction of sp³-hybridized carbons (Fsp3) is 0.463. The summed E-state index contributed by atoms with van der Waals surface area (Å²) in [6.07, 6.45) is 8.42. The van der Waals surface area contributed by atoms with Crippen LogP contribution in [0.3, 0.4) is 0 Å². The van der Waals surface area contributed by atoms with E-state index in [9.17, 15) is 19.8 Å². The molecule has 11 heteroatoms. The number of hydrogen-bond acceptors (Lipinski definition) is 8. The highest BCUT2D eigenvalue weighted by Crippen LogP contribution is 2.36. The number of H-pyrrole nitrogens is 1. The molecule has 3 aromatic carbocycles. The van der Waals surface area contributed by atoms with Crippen molar-refractivity contribution in [3.63, 3.8) is 0 Å². The molecule has 3 fully saturated rings. The van der Waals surface area contributed by atoms with Crippen molar-refractivity contribution in [3.8, 4) is 11.5 Å². The first kappa shape index (κ1) is 37.7. The van der Waals surface area contributed by atoms with Crippen LogP contribution >= 0.6 is 11.6 Å². The van der Waals surface area contributed by atoms with Gasteiger partial charge >= 0.3 is 6.09 Å². The van der Waals surface area contributed by atoms with E-state index in [2.05, 4.69) is 20.5 Å². The molecule has 3 aliphatic rings. The number of ether oxygens (including phenoxy) is 2. The second-order valence-corrected chi connectivity index (χ2v) is 14.4. The third-order valence-electron chi connectivity index (χ3n) is 10.4. The number of nitrogens with one attached hydrogen (secondary N) is 3. The minimum atomic E-state index is -0.751. The molecule has 3 saturated heterocycles. The van der Waals surface area contributed by atoms with E-state index < -0.39 is 18.2 Å².